The molecule has 1 aliphatic heterocycles. The molecule has 3 aromatic rings. The molecule has 0 atom stereocenters. The van der Waals surface area contributed by atoms with E-state index in [-0.39, 0.29) is 12.5 Å². The highest BCUT2D eigenvalue weighted by atomic mass is 16.5. The van der Waals surface area contributed by atoms with Gasteiger partial charge in [0.2, 0.25) is 0 Å². The predicted molar refractivity (Wildman–Crippen MR) is 93.5 cm³/mol. The second-order valence-corrected chi connectivity index (χ2v) is 5.47. The minimum absolute atomic E-state index is 0.0622. The van der Waals surface area contributed by atoms with Gasteiger partial charge in [-0.1, -0.05) is 24.3 Å². The third-order valence-corrected chi connectivity index (χ3v) is 3.75. The van der Waals surface area contributed by atoms with Crippen LogP contribution in [0, 0.1) is 0 Å². The molecule has 0 saturated heterocycles. The second-order valence-electron chi connectivity index (χ2n) is 5.47. The van der Waals surface area contributed by atoms with Crippen molar-refractivity contribution < 1.29 is 9.53 Å². The van der Waals surface area contributed by atoms with E-state index in [2.05, 4.69) is 15.6 Å². The molecule has 1 aliphatic rings. The molecule has 24 heavy (non-hydrogen) atoms. The summed E-state index contributed by atoms with van der Waals surface area (Å²) in [5, 5.41) is 6.11. The average molecular weight is 317 g/mol. The summed E-state index contributed by atoms with van der Waals surface area (Å²) in [4.78, 5) is 15.8. The second kappa shape index (κ2) is 6.04. The molecular weight excluding hydrogens is 302 g/mol. The molecule has 0 spiro atoms. The topological polar surface area (TPSA) is 63.2 Å². The Morgan fingerprint density at radius 3 is 2.71 bits per heavy atom. The normalized spacial score (nSPS) is 12.8. The van der Waals surface area contributed by atoms with Crippen molar-refractivity contribution in [1.29, 1.82) is 0 Å². The number of carbonyl (C=O) groups excluding carboxylic acids is 1. The van der Waals surface area contributed by atoms with E-state index in [1.54, 1.807) is 6.20 Å². The van der Waals surface area contributed by atoms with Crippen LogP contribution in [0.15, 0.2) is 66.9 Å². The van der Waals surface area contributed by atoms with Crippen LogP contribution in [0.1, 0.15) is 0 Å². The lowest BCUT2D eigenvalue weighted by atomic mass is 10.1. The Morgan fingerprint density at radius 1 is 1.00 bits per heavy atom. The number of pyridine rings is 1. The zero-order valence-corrected chi connectivity index (χ0v) is 12.8. The number of amides is 1. The van der Waals surface area contributed by atoms with E-state index < -0.39 is 0 Å². The molecule has 0 bridgehead atoms. The van der Waals surface area contributed by atoms with E-state index in [9.17, 15) is 4.79 Å². The number of carbonyl (C=O) groups is 1. The molecule has 1 aromatic heterocycles. The van der Waals surface area contributed by atoms with E-state index in [4.69, 9.17) is 4.74 Å². The number of para-hydroxylation sites is 1. The molecule has 118 valence electrons. The lowest BCUT2D eigenvalue weighted by molar-refractivity contribution is -0.118. The fourth-order valence-electron chi connectivity index (χ4n) is 2.61. The Hall–Kier alpha value is -3.34. The number of nitrogens with one attached hydrogen (secondary N) is 2. The molecule has 0 unspecified atom stereocenters. The molecular formula is C19H15N3O2. The third-order valence-electron chi connectivity index (χ3n) is 3.75. The number of hydrogen-bond donors (Lipinski definition) is 2. The summed E-state index contributed by atoms with van der Waals surface area (Å²) in [5.41, 5.74) is 3.66. The van der Waals surface area contributed by atoms with Crippen molar-refractivity contribution in [3.63, 3.8) is 0 Å². The lowest BCUT2D eigenvalue weighted by Gasteiger charge is -2.18. The van der Waals surface area contributed by atoms with Gasteiger partial charge in [0, 0.05) is 11.9 Å². The number of rotatable bonds is 3. The number of aromatic nitrogens is 1. The maximum absolute atomic E-state index is 11.5. The predicted octanol–water partition coefficient (Wildman–Crippen LogP) is 3.82. The van der Waals surface area contributed by atoms with Crippen LogP contribution in [0.3, 0.4) is 0 Å². The van der Waals surface area contributed by atoms with Crippen LogP contribution in [0.2, 0.25) is 0 Å². The van der Waals surface area contributed by atoms with Crippen molar-refractivity contribution in [2.75, 3.05) is 17.2 Å². The molecule has 5 nitrogen and oxygen atoms in total. The van der Waals surface area contributed by atoms with Crippen LogP contribution >= 0.6 is 0 Å². The van der Waals surface area contributed by atoms with Gasteiger partial charge in [0.1, 0.15) is 11.6 Å². The summed E-state index contributed by atoms with van der Waals surface area (Å²) in [5.74, 6) is 1.31. The van der Waals surface area contributed by atoms with Crippen molar-refractivity contribution in [2.24, 2.45) is 0 Å². The first-order valence-electron chi connectivity index (χ1n) is 7.63. The van der Waals surface area contributed by atoms with E-state index in [1.165, 1.54) is 0 Å². The van der Waals surface area contributed by atoms with E-state index in [0.717, 1.165) is 22.6 Å². The minimum Gasteiger partial charge on any atom is -0.482 e. The number of ether oxygens (including phenoxy) is 1. The highest BCUT2D eigenvalue weighted by Crippen LogP contribution is 2.33. The summed E-state index contributed by atoms with van der Waals surface area (Å²) < 4.78 is 5.39. The van der Waals surface area contributed by atoms with Gasteiger partial charge in [0.25, 0.3) is 5.91 Å². The van der Waals surface area contributed by atoms with Crippen molar-refractivity contribution in [2.45, 2.75) is 0 Å². The first kappa shape index (κ1) is 14.3. The Labute approximate surface area is 139 Å². The monoisotopic (exact) mass is 317 g/mol. The Kier molecular flexibility index (Phi) is 3.59. The minimum atomic E-state index is -0.138. The average Bonchev–Trinajstić information content (AvgIpc) is 2.62. The van der Waals surface area contributed by atoms with E-state index >= 15 is 0 Å². The summed E-state index contributed by atoms with van der Waals surface area (Å²) in [7, 11) is 0. The summed E-state index contributed by atoms with van der Waals surface area (Å²) in [6.07, 6.45) is 1.76. The number of benzene rings is 2. The molecule has 2 heterocycles. The van der Waals surface area contributed by atoms with Gasteiger partial charge in [-0.3, -0.25) is 4.79 Å². The third kappa shape index (κ3) is 2.92. The Bertz CT molecular complexity index is 894. The van der Waals surface area contributed by atoms with Crippen molar-refractivity contribution >= 4 is 23.1 Å². The van der Waals surface area contributed by atoms with Crippen LogP contribution in [0.5, 0.6) is 5.75 Å². The van der Waals surface area contributed by atoms with Crippen LogP contribution in [-0.2, 0) is 4.79 Å². The molecule has 4 rings (SSSR count). The number of fused-ring (bicyclic) bond motifs is 1. The van der Waals surface area contributed by atoms with Gasteiger partial charge < -0.3 is 15.4 Å². The van der Waals surface area contributed by atoms with Crippen LogP contribution < -0.4 is 15.4 Å². The van der Waals surface area contributed by atoms with E-state index in [1.807, 2.05) is 60.7 Å². The Balaban J connectivity index is 1.64. The zero-order chi connectivity index (χ0) is 16.4. The molecule has 0 fully saturated rings. The smallest absolute Gasteiger partial charge is 0.262 e. The number of nitrogens with zero attached hydrogens (tertiary/aromatic N) is 1. The summed E-state index contributed by atoms with van der Waals surface area (Å²) in [6, 6.07) is 19.5. The van der Waals surface area contributed by atoms with Gasteiger partial charge in [-0.2, -0.15) is 0 Å². The quantitative estimate of drug-likeness (QED) is 0.771. The number of hydrogen-bond acceptors (Lipinski definition) is 4. The maximum Gasteiger partial charge on any atom is 0.262 e. The largest absolute Gasteiger partial charge is 0.482 e. The maximum atomic E-state index is 11.5. The fourth-order valence-corrected chi connectivity index (χ4v) is 2.61. The fraction of sp³-hybridized carbons (Fsp3) is 0.0526. The molecule has 0 saturated carbocycles. The zero-order valence-electron chi connectivity index (χ0n) is 12.8. The SMILES string of the molecule is O=C1COc2ccc(-c3ccnc(Nc4ccccc4)c3)cc2N1. The van der Waals surface area contributed by atoms with E-state index in [0.29, 0.717) is 11.4 Å². The lowest BCUT2D eigenvalue weighted by Crippen LogP contribution is -2.25. The van der Waals surface area contributed by atoms with Crippen LogP contribution in [-0.4, -0.2) is 17.5 Å². The van der Waals surface area contributed by atoms with Crippen molar-refractivity contribution in [1.82, 2.24) is 4.98 Å². The highest BCUT2D eigenvalue weighted by molar-refractivity contribution is 5.96. The van der Waals surface area contributed by atoms with Crippen LogP contribution in [0.25, 0.3) is 11.1 Å². The first-order chi connectivity index (χ1) is 11.8. The van der Waals surface area contributed by atoms with Gasteiger partial charge in [-0.25, -0.2) is 4.98 Å². The number of anilines is 3. The van der Waals surface area contributed by atoms with Crippen molar-refractivity contribution in [3.05, 3.63) is 66.9 Å². The van der Waals surface area contributed by atoms with Gasteiger partial charge in [0.15, 0.2) is 6.61 Å². The standard InChI is InChI=1S/C19H15N3O2/c23-19-12-24-17-7-6-13(10-16(17)22-19)14-8-9-20-18(11-14)21-15-4-2-1-3-5-15/h1-11H,12H2,(H,20,21)(H,22,23). The van der Waals surface area contributed by atoms with Gasteiger partial charge in [0.05, 0.1) is 5.69 Å². The van der Waals surface area contributed by atoms with Crippen molar-refractivity contribution in [3.8, 4) is 16.9 Å². The first-order valence-corrected chi connectivity index (χ1v) is 7.63. The van der Waals surface area contributed by atoms with Gasteiger partial charge in [-0.15, -0.1) is 0 Å². The highest BCUT2D eigenvalue weighted by Gasteiger charge is 2.16. The summed E-state index contributed by atoms with van der Waals surface area (Å²) >= 11 is 0. The molecule has 2 N–H and O–H groups in total. The Morgan fingerprint density at radius 2 is 1.83 bits per heavy atom. The molecule has 5 heteroatoms. The molecule has 2 aromatic carbocycles. The molecule has 0 aliphatic carbocycles. The van der Waals surface area contributed by atoms with Gasteiger partial charge in [-0.05, 0) is 47.5 Å². The molecule has 1 amide bonds. The van der Waals surface area contributed by atoms with Crippen LogP contribution in [0.4, 0.5) is 17.2 Å². The summed E-state index contributed by atoms with van der Waals surface area (Å²) in [6.45, 7) is 0.0622. The molecule has 0 radical (unpaired) electrons. The van der Waals surface area contributed by atoms with Gasteiger partial charge >= 0.3 is 0 Å².